The number of halogens is 1. The Morgan fingerprint density at radius 2 is 1.50 bits per heavy atom. The third-order valence-corrected chi connectivity index (χ3v) is 2.12. The van der Waals surface area contributed by atoms with Gasteiger partial charge in [0.15, 0.2) is 0 Å². The fraction of sp³-hybridized carbons (Fsp3) is 1.00. The van der Waals surface area contributed by atoms with E-state index in [1.54, 1.807) is 0 Å². The van der Waals surface area contributed by atoms with E-state index in [1.807, 2.05) is 0 Å². The molecule has 0 aliphatic heterocycles. The molecule has 0 aliphatic carbocycles. The lowest BCUT2D eigenvalue weighted by Gasteiger charge is -2.23. The summed E-state index contributed by atoms with van der Waals surface area (Å²) in [7, 11) is 0.0959. The van der Waals surface area contributed by atoms with Crippen LogP contribution in [-0.2, 0) is 4.43 Å². The normalized spacial score (nSPS) is 12.0. The van der Waals surface area contributed by atoms with E-state index in [9.17, 15) is 0 Å². The summed E-state index contributed by atoms with van der Waals surface area (Å²) in [6, 6.07) is 0. The zero-order valence-corrected chi connectivity index (χ0v) is 8.77. The van der Waals surface area contributed by atoms with E-state index in [2.05, 4.69) is 27.7 Å². The average molecular weight is 179 g/mol. The Labute approximate surface area is 70.7 Å². The highest BCUT2D eigenvalue weighted by Gasteiger charge is 2.16. The first-order valence-corrected chi connectivity index (χ1v) is 5.52. The van der Waals surface area contributed by atoms with Crippen LogP contribution in [0.4, 0.5) is 0 Å². The summed E-state index contributed by atoms with van der Waals surface area (Å²) in [6.45, 7) is 8.62. The summed E-state index contributed by atoms with van der Waals surface area (Å²) >= 11 is 5.49. The Kier molecular flexibility index (Phi) is 5.40. The van der Waals surface area contributed by atoms with E-state index in [0.717, 1.165) is 0 Å². The summed E-state index contributed by atoms with van der Waals surface area (Å²) in [5, 5.41) is 0. The largest absolute Gasteiger partial charge is 0.399 e. The molecule has 0 aromatic rings. The molecule has 0 spiro atoms. The zero-order valence-electron chi connectivity index (χ0n) is 7.02. The summed E-state index contributed by atoms with van der Waals surface area (Å²) in [5.41, 5.74) is 0. The Hall–Kier alpha value is 0.467. The Morgan fingerprint density at radius 3 is 1.60 bits per heavy atom. The molecule has 0 atom stereocenters. The number of rotatable bonds is 4. The Balaban J connectivity index is 3.73. The third-order valence-electron chi connectivity index (χ3n) is 1.49. The molecule has 0 aliphatic rings. The van der Waals surface area contributed by atoms with Gasteiger partial charge in [0, 0.05) is 0 Å². The maximum Gasteiger partial charge on any atom is 0.356 e. The Bertz CT molecular complexity index is 77.7. The Morgan fingerprint density at radius 1 is 1.10 bits per heavy atom. The van der Waals surface area contributed by atoms with Gasteiger partial charge in [-0.15, -0.1) is 11.1 Å². The predicted octanol–water partition coefficient (Wildman–Crippen LogP) is 2.46. The molecule has 0 N–H and O–H groups in total. The van der Waals surface area contributed by atoms with E-state index in [-0.39, 0.29) is 9.07 Å². The van der Waals surface area contributed by atoms with Crippen molar-refractivity contribution in [3.05, 3.63) is 0 Å². The van der Waals surface area contributed by atoms with Gasteiger partial charge in [-0.2, -0.15) is 0 Å². The van der Waals surface area contributed by atoms with Crippen LogP contribution in [0.5, 0.6) is 0 Å². The van der Waals surface area contributed by atoms with Crippen molar-refractivity contribution in [2.24, 2.45) is 11.8 Å². The molecule has 0 unspecified atom stereocenters. The smallest absolute Gasteiger partial charge is 0.356 e. The van der Waals surface area contributed by atoms with Gasteiger partial charge in [-0.05, 0) is 11.8 Å². The van der Waals surface area contributed by atoms with Gasteiger partial charge in [-0.1, -0.05) is 27.7 Å². The third kappa shape index (κ3) is 3.59. The van der Waals surface area contributed by atoms with Crippen LogP contribution in [0.15, 0.2) is 0 Å². The van der Waals surface area contributed by atoms with Crippen molar-refractivity contribution in [2.75, 3.05) is 0 Å². The zero-order chi connectivity index (χ0) is 8.15. The molecule has 0 saturated carbocycles. The highest BCUT2D eigenvalue weighted by Crippen LogP contribution is 2.15. The first-order valence-electron chi connectivity index (χ1n) is 3.60. The van der Waals surface area contributed by atoms with E-state index in [0.29, 0.717) is 17.9 Å². The monoisotopic (exact) mass is 178 g/mol. The van der Waals surface area contributed by atoms with Crippen LogP contribution in [0.1, 0.15) is 27.7 Å². The van der Waals surface area contributed by atoms with Gasteiger partial charge in [0.1, 0.15) is 0 Å². The van der Waals surface area contributed by atoms with Crippen molar-refractivity contribution >= 4 is 20.2 Å². The minimum absolute atomic E-state index is 0.0959. The quantitative estimate of drug-likeness (QED) is 0.475. The van der Waals surface area contributed by atoms with Crippen molar-refractivity contribution in [3.8, 4) is 0 Å². The van der Waals surface area contributed by atoms with Gasteiger partial charge in [0.05, 0.1) is 6.10 Å². The van der Waals surface area contributed by atoms with Crippen LogP contribution in [0.2, 0.25) is 0 Å². The standard InChI is InChI=1S/C7H15ClOSi/c1-5(2)7(6(3)4)9-10-8/h5-7H,1-4H3. The molecular weight excluding hydrogens is 164 g/mol. The molecule has 0 heterocycles. The van der Waals surface area contributed by atoms with Gasteiger partial charge in [0.2, 0.25) is 0 Å². The average Bonchev–Trinajstić information content (AvgIpc) is 1.81. The molecule has 60 valence electrons. The lowest BCUT2D eigenvalue weighted by molar-refractivity contribution is 0.114. The van der Waals surface area contributed by atoms with E-state index >= 15 is 0 Å². The molecule has 0 amide bonds. The molecule has 0 saturated heterocycles. The van der Waals surface area contributed by atoms with Crippen LogP contribution >= 0.6 is 11.1 Å². The molecule has 2 radical (unpaired) electrons. The minimum Gasteiger partial charge on any atom is -0.399 e. The van der Waals surface area contributed by atoms with E-state index in [1.165, 1.54) is 0 Å². The highest BCUT2D eigenvalue weighted by molar-refractivity contribution is 6.90. The van der Waals surface area contributed by atoms with Gasteiger partial charge in [-0.3, -0.25) is 0 Å². The molecule has 0 fully saturated rings. The van der Waals surface area contributed by atoms with Gasteiger partial charge in [-0.25, -0.2) is 0 Å². The molecule has 0 bridgehead atoms. The predicted molar refractivity (Wildman–Crippen MR) is 46.2 cm³/mol. The lowest BCUT2D eigenvalue weighted by Crippen LogP contribution is -2.26. The van der Waals surface area contributed by atoms with Crippen molar-refractivity contribution in [1.29, 1.82) is 0 Å². The fourth-order valence-corrected chi connectivity index (χ4v) is 2.05. The topological polar surface area (TPSA) is 9.23 Å². The van der Waals surface area contributed by atoms with Crippen molar-refractivity contribution < 1.29 is 4.43 Å². The first kappa shape index (κ1) is 10.5. The fourth-order valence-electron chi connectivity index (χ4n) is 1.09. The summed E-state index contributed by atoms with van der Waals surface area (Å²) in [5.74, 6) is 1.12. The molecule has 0 aromatic carbocycles. The van der Waals surface area contributed by atoms with Crippen molar-refractivity contribution in [2.45, 2.75) is 33.8 Å². The van der Waals surface area contributed by atoms with Crippen molar-refractivity contribution in [3.63, 3.8) is 0 Å². The van der Waals surface area contributed by atoms with Crippen LogP contribution in [0, 0.1) is 11.8 Å². The minimum atomic E-state index is 0.0959. The molecular formula is C7H15ClOSi. The molecule has 0 aromatic heterocycles. The highest BCUT2D eigenvalue weighted by atomic mass is 35.6. The lowest BCUT2D eigenvalue weighted by atomic mass is 9.97. The maximum absolute atomic E-state index is 5.49. The van der Waals surface area contributed by atoms with Gasteiger partial charge < -0.3 is 4.43 Å². The maximum atomic E-state index is 5.49. The van der Waals surface area contributed by atoms with Crippen LogP contribution < -0.4 is 0 Å². The molecule has 10 heavy (non-hydrogen) atoms. The van der Waals surface area contributed by atoms with E-state index in [4.69, 9.17) is 15.5 Å². The van der Waals surface area contributed by atoms with Crippen LogP contribution in [-0.4, -0.2) is 15.2 Å². The summed E-state index contributed by atoms with van der Waals surface area (Å²) in [6.07, 6.45) is 0.316. The molecule has 1 nitrogen and oxygen atoms in total. The van der Waals surface area contributed by atoms with Crippen LogP contribution in [0.25, 0.3) is 0 Å². The molecule has 3 heteroatoms. The van der Waals surface area contributed by atoms with E-state index < -0.39 is 0 Å². The van der Waals surface area contributed by atoms with Crippen molar-refractivity contribution in [1.82, 2.24) is 0 Å². The second-order valence-corrected chi connectivity index (χ2v) is 4.00. The second-order valence-electron chi connectivity index (χ2n) is 3.15. The summed E-state index contributed by atoms with van der Waals surface area (Å²) < 4.78 is 5.36. The number of hydrogen-bond acceptors (Lipinski definition) is 1. The SMILES string of the molecule is CC(C)C(O[Si]Cl)C(C)C. The summed E-state index contributed by atoms with van der Waals surface area (Å²) in [4.78, 5) is 0. The number of hydrogen-bond donors (Lipinski definition) is 0. The van der Waals surface area contributed by atoms with Gasteiger partial charge >= 0.3 is 9.07 Å². The van der Waals surface area contributed by atoms with Crippen LogP contribution in [0.3, 0.4) is 0 Å². The molecule has 0 rings (SSSR count). The second kappa shape index (κ2) is 5.16. The first-order chi connectivity index (χ1) is 4.59. The van der Waals surface area contributed by atoms with Gasteiger partial charge in [0.25, 0.3) is 0 Å².